The minimum atomic E-state index is -0.719. The van der Waals surface area contributed by atoms with Gasteiger partial charge < -0.3 is 14.6 Å². The number of ether oxygens (including phenoxy) is 1. The fourth-order valence-corrected chi connectivity index (χ4v) is 4.25. The molecule has 34 heavy (non-hydrogen) atoms. The van der Waals surface area contributed by atoms with Gasteiger partial charge in [0.25, 0.3) is 0 Å². The van der Waals surface area contributed by atoms with Crippen LogP contribution in [0.2, 0.25) is 0 Å². The number of piperazine rings is 1. The largest absolute Gasteiger partial charge is 0.495 e. The average Bonchev–Trinajstić information content (AvgIpc) is 3.27. The molecule has 1 aliphatic heterocycles. The highest BCUT2D eigenvalue weighted by atomic mass is 19.1. The highest BCUT2D eigenvalue weighted by Crippen LogP contribution is 2.31. The van der Waals surface area contributed by atoms with Crippen LogP contribution in [0.4, 0.5) is 4.39 Å². The molecule has 0 radical (unpaired) electrons. The zero-order valence-corrected chi connectivity index (χ0v) is 19.7. The van der Waals surface area contributed by atoms with E-state index in [4.69, 9.17) is 4.74 Å². The van der Waals surface area contributed by atoms with E-state index >= 15 is 0 Å². The van der Waals surface area contributed by atoms with Crippen molar-refractivity contribution in [3.05, 3.63) is 83.7 Å². The fraction of sp³-hybridized carbons (Fsp3) is 0.269. The Balaban J connectivity index is 1.65. The highest BCUT2D eigenvalue weighted by Gasteiger charge is 2.42. The molecule has 1 aromatic heterocycles. The molecule has 1 amide bonds. The van der Waals surface area contributed by atoms with Crippen LogP contribution in [0.25, 0.3) is 11.8 Å². The molecular formula is C26H28FN5O2. The number of halogens is 1. The molecule has 4 rings (SSSR count). The normalized spacial score (nSPS) is 19.1. The Hall–Kier alpha value is -3.78. The van der Waals surface area contributed by atoms with Gasteiger partial charge in [0, 0.05) is 19.8 Å². The lowest BCUT2D eigenvalue weighted by molar-refractivity contribution is -0.133. The van der Waals surface area contributed by atoms with Gasteiger partial charge >= 0.3 is 0 Å². The second kappa shape index (κ2) is 9.61. The van der Waals surface area contributed by atoms with Gasteiger partial charge in [-0.05, 0) is 55.3 Å². The Labute approximate surface area is 198 Å². The number of benzene rings is 2. The molecule has 1 saturated heterocycles. The summed E-state index contributed by atoms with van der Waals surface area (Å²) in [5.74, 6) is 0.795. The van der Waals surface area contributed by atoms with Crippen LogP contribution < -0.4 is 10.1 Å². The summed E-state index contributed by atoms with van der Waals surface area (Å²) >= 11 is 0. The maximum absolute atomic E-state index is 13.5. The Kier molecular flexibility index (Phi) is 6.61. The number of amidine groups is 1. The van der Waals surface area contributed by atoms with Crippen molar-refractivity contribution in [3.8, 4) is 11.4 Å². The van der Waals surface area contributed by atoms with Gasteiger partial charge in [-0.1, -0.05) is 24.3 Å². The first-order valence-electron chi connectivity index (χ1n) is 11.0. The lowest BCUT2D eigenvalue weighted by Crippen LogP contribution is -2.62. The SMILES string of the molecule is C/N=C(\C=C\c1ccc(-n2cnc(C)c2)c(OC)c1)N1C(=O)CNCC1(C)c1ccc(F)cc1. The summed E-state index contributed by atoms with van der Waals surface area (Å²) in [5.41, 5.74) is 2.80. The van der Waals surface area contributed by atoms with Gasteiger partial charge in [0.15, 0.2) is 0 Å². The lowest BCUT2D eigenvalue weighted by Gasteiger charge is -2.45. The first-order valence-corrected chi connectivity index (χ1v) is 11.0. The van der Waals surface area contributed by atoms with Crippen molar-refractivity contribution in [2.45, 2.75) is 19.4 Å². The summed E-state index contributed by atoms with van der Waals surface area (Å²) < 4.78 is 21.1. The van der Waals surface area contributed by atoms with Gasteiger partial charge in [-0.25, -0.2) is 9.37 Å². The molecule has 2 heterocycles. The van der Waals surface area contributed by atoms with Crippen LogP contribution in [0.1, 0.15) is 23.7 Å². The predicted molar refractivity (Wildman–Crippen MR) is 131 cm³/mol. The Morgan fingerprint density at radius 3 is 2.68 bits per heavy atom. The topological polar surface area (TPSA) is 71.8 Å². The predicted octanol–water partition coefficient (Wildman–Crippen LogP) is 3.72. The molecule has 1 aliphatic rings. The van der Waals surface area contributed by atoms with E-state index in [-0.39, 0.29) is 18.3 Å². The smallest absolute Gasteiger partial charge is 0.242 e. The minimum Gasteiger partial charge on any atom is -0.495 e. The maximum atomic E-state index is 13.5. The number of aromatic nitrogens is 2. The van der Waals surface area contributed by atoms with Crippen LogP contribution in [-0.4, -0.2) is 53.4 Å². The molecule has 1 fully saturated rings. The molecule has 2 aromatic carbocycles. The van der Waals surface area contributed by atoms with Gasteiger partial charge in [-0.2, -0.15) is 0 Å². The van der Waals surface area contributed by atoms with E-state index in [1.807, 2.05) is 55.0 Å². The van der Waals surface area contributed by atoms with E-state index in [1.54, 1.807) is 37.5 Å². The lowest BCUT2D eigenvalue weighted by atomic mass is 9.87. The van der Waals surface area contributed by atoms with Crippen molar-refractivity contribution < 1.29 is 13.9 Å². The molecule has 176 valence electrons. The third kappa shape index (κ3) is 4.49. The first kappa shape index (κ1) is 23.4. The zero-order chi connectivity index (χ0) is 24.3. The van der Waals surface area contributed by atoms with Crippen LogP contribution >= 0.6 is 0 Å². The number of nitrogens with one attached hydrogen (secondary N) is 1. The van der Waals surface area contributed by atoms with Crippen molar-refractivity contribution in [1.29, 1.82) is 0 Å². The summed E-state index contributed by atoms with van der Waals surface area (Å²) in [6.07, 6.45) is 7.40. The second-order valence-electron chi connectivity index (χ2n) is 8.38. The van der Waals surface area contributed by atoms with Gasteiger partial charge in [0.05, 0.1) is 36.9 Å². The van der Waals surface area contributed by atoms with Crippen molar-refractivity contribution in [2.24, 2.45) is 4.99 Å². The quantitative estimate of drug-likeness (QED) is 0.464. The van der Waals surface area contributed by atoms with E-state index in [9.17, 15) is 9.18 Å². The van der Waals surface area contributed by atoms with Crippen LogP contribution in [0.5, 0.6) is 5.75 Å². The summed E-state index contributed by atoms with van der Waals surface area (Å²) in [6, 6.07) is 12.1. The fourth-order valence-electron chi connectivity index (χ4n) is 4.25. The minimum absolute atomic E-state index is 0.105. The summed E-state index contributed by atoms with van der Waals surface area (Å²) in [5, 5.41) is 3.17. The van der Waals surface area contributed by atoms with Crippen LogP contribution in [0, 0.1) is 12.7 Å². The van der Waals surface area contributed by atoms with Crippen molar-refractivity contribution in [3.63, 3.8) is 0 Å². The zero-order valence-electron chi connectivity index (χ0n) is 19.7. The molecule has 1 N–H and O–H groups in total. The van der Waals surface area contributed by atoms with Crippen molar-refractivity contribution in [2.75, 3.05) is 27.2 Å². The maximum Gasteiger partial charge on any atom is 0.242 e. The Morgan fingerprint density at radius 2 is 2.03 bits per heavy atom. The number of methoxy groups -OCH3 is 1. The Morgan fingerprint density at radius 1 is 1.26 bits per heavy atom. The number of carbonyl (C=O) groups is 1. The van der Waals surface area contributed by atoms with Gasteiger partial charge in [-0.3, -0.25) is 14.7 Å². The highest BCUT2D eigenvalue weighted by molar-refractivity contribution is 6.07. The molecule has 0 spiro atoms. The number of carbonyl (C=O) groups excluding carboxylic acids is 1. The van der Waals surface area contributed by atoms with Gasteiger partial charge in [-0.15, -0.1) is 0 Å². The number of nitrogens with zero attached hydrogens (tertiary/aromatic N) is 4. The third-order valence-electron chi connectivity index (χ3n) is 6.03. The number of hydrogen-bond acceptors (Lipinski definition) is 5. The standard InChI is InChI=1S/C26H28FN5O2/c1-18-15-31(17-30-18)22-11-5-19(13-23(22)34-4)6-12-24(28-3)32-25(33)14-29-16-26(32,2)20-7-9-21(27)10-8-20/h5-13,15,17,29H,14,16H2,1-4H3/b12-6+,28-24+. The van der Waals surface area contributed by atoms with Crippen LogP contribution in [0.3, 0.4) is 0 Å². The molecular weight excluding hydrogens is 433 g/mol. The van der Waals surface area contributed by atoms with Crippen molar-refractivity contribution in [1.82, 2.24) is 19.8 Å². The second-order valence-corrected chi connectivity index (χ2v) is 8.38. The third-order valence-corrected chi connectivity index (χ3v) is 6.03. The molecule has 8 heteroatoms. The number of amides is 1. The first-order chi connectivity index (χ1) is 16.4. The monoisotopic (exact) mass is 461 g/mol. The van der Waals surface area contributed by atoms with E-state index < -0.39 is 5.54 Å². The van der Waals surface area contributed by atoms with Gasteiger partial charge in [0.2, 0.25) is 5.91 Å². The van der Waals surface area contributed by atoms with Gasteiger partial charge in [0.1, 0.15) is 17.4 Å². The average molecular weight is 462 g/mol. The van der Waals surface area contributed by atoms with Crippen LogP contribution in [-0.2, 0) is 10.3 Å². The number of hydrogen-bond donors (Lipinski definition) is 1. The molecule has 0 saturated carbocycles. The summed E-state index contributed by atoms with van der Waals surface area (Å²) in [6.45, 7) is 4.61. The molecule has 0 bridgehead atoms. The summed E-state index contributed by atoms with van der Waals surface area (Å²) in [7, 11) is 3.29. The van der Waals surface area contributed by atoms with Crippen molar-refractivity contribution >= 4 is 17.8 Å². The number of rotatable bonds is 5. The molecule has 3 aromatic rings. The van der Waals surface area contributed by atoms with Crippen LogP contribution in [0.15, 0.2) is 66.1 Å². The molecule has 7 nitrogen and oxygen atoms in total. The number of aliphatic imine (C=N–C) groups is 1. The molecule has 0 aliphatic carbocycles. The van der Waals surface area contributed by atoms with E-state index in [0.717, 1.165) is 22.5 Å². The number of imidazole rings is 1. The van der Waals surface area contributed by atoms with E-state index in [0.29, 0.717) is 18.1 Å². The molecule has 1 unspecified atom stereocenters. The number of aryl methyl sites for hydroxylation is 1. The van der Waals surface area contributed by atoms with E-state index in [1.165, 1.54) is 12.1 Å². The Bertz CT molecular complexity index is 1250. The van der Waals surface area contributed by atoms with E-state index in [2.05, 4.69) is 15.3 Å². The summed E-state index contributed by atoms with van der Waals surface area (Å²) in [4.78, 5) is 23.4. The molecule has 1 atom stereocenters.